The summed E-state index contributed by atoms with van der Waals surface area (Å²) >= 11 is 0. The minimum atomic E-state index is -1.01. The number of nitrogens with one attached hydrogen (secondary N) is 2. The second-order valence-corrected chi connectivity index (χ2v) is 12.1. The van der Waals surface area contributed by atoms with Gasteiger partial charge < -0.3 is 35.7 Å². The second kappa shape index (κ2) is 17.5. The number of benzene rings is 1. The van der Waals surface area contributed by atoms with E-state index in [0.717, 1.165) is 0 Å². The van der Waals surface area contributed by atoms with Crippen LogP contribution in [-0.4, -0.2) is 73.9 Å². The third-order valence-corrected chi connectivity index (χ3v) is 8.43. The van der Waals surface area contributed by atoms with Crippen LogP contribution in [0.25, 0.3) is 5.57 Å². The van der Waals surface area contributed by atoms with Crippen LogP contribution in [0, 0.1) is 11.8 Å². The molecule has 6 atom stereocenters. The van der Waals surface area contributed by atoms with Crippen LogP contribution in [0.4, 0.5) is 4.79 Å². The molecule has 0 unspecified atom stereocenters. The van der Waals surface area contributed by atoms with Crippen molar-refractivity contribution in [2.75, 3.05) is 20.8 Å². The summed E-state index contributed by atoms with van der Waals surface area (Å²) in [5.74, 6) is -2.23. The minimum Gasteiger partial charge on any atom is -0.439 e. The highest BCUT2D eigenvalue weighted by Crippen LogP contribution is 2.34. The first-order chi connectivity index (χ1) is 22.8. The van der Waals surface area contributed by atoms with Crippen LogP contribution in [0.5, 0.6) is 0 Å². The first-order valence-corrected chi connectivity index (χ1v) is 15.9. The number of hydrogen-bond donors (Lipinski definition) is 4. The number of Topliss-reactive ketones (excluding diaryl/α,β-unsaturated/α-hetero) is 2. The Morgan fingerprint density at radius 1 is 1.10 bits per heavy atom. The van der Waals surface area contributed by atoms with Crippen LogP contribution in [0.2, 0.25) is 0 Å². The van der Waals surface area contributed by atoms with Gasteiger partial charge in [-0.2, -0.15) is 0 Å². The number of methoxy groups -OCH3 is 2. The summed E-state index contributed by atoms with van der Waals surface area (Å²) in [5.41, 5.74) is 6.97. The Hall–Kier alpha value is -4.58. The van der Waals surface area contributed by atoms with Gasteiger partial charge in [-0.1, -0.05) is 74.6 Å². The molecule has 0 spiro atoms. The lowest BCUT2D eigenvalue weighted by Gasteiger charge is -2.30. The van der Waals surface area contributed by atoms with E-state index in [4.69, 9.17) is 19.9 Å². The van der Waals surface area contributed by atoms with Crippen LogP contribution in [-0.2, 0) is 28.6 Å². The summed E-state index contributed by atoms with van der Waals surface area (Å²) in [5, 5.41) is 17.2. The average Bonchev–Trinajstić information content (AvgIpc) is 3.06. The summed E-state index contributed by atoms with van der Waals surface area (Å²) < 4.78 is 16.8. The summed E-state index contributed by atoms with van der Waals surface area (Å²) in [4.78, 5) is 53.9. The van der Waals surface area contributed by atoms with E-state index >= 15 is 0 Å². The maximum absolute atomic E-state index is 14.3. The minimum absolute atomic E-state index is 0.0672. The van der Waals surface area contributed by atoms with Crippen molar-refractivity contribution in [3.05, 3.63) is 101 Å². The number of allylic oxidation sites excluding steroid dienone is 4. The Kier molecular flexibility index (Phi) is 13.8. The van der Waals surface area contributed by atoms with E-state index in [1.807, 2.05) is 6.92 Å². The van der Waals surface area contributed by atoms with Gasteiger partial charge in [0.15, 0.2) is 6.10 Å². The van der Waals surface area contributed by atoms with Gasteiger partial charge in [-0.3, -0.25) is 14.4 Å². The normalized spacial score (nSPS) is 29.3. The van der Waals surface area contributed by atoms with Crippen molar-refractivity contribution in [2.45, 2.75) is 65.0 Å². The van der Waals surface area contributed by atoms with Gasteiger partial charge in [-0.05, 0) is 43.7 Å². The fraction of sp³-hybridized carbons (Fsp3) is 0.405. The maximum atomic E-state index is 14.3. The molecule has 0 fully saturated rings. The van der Waals surface area contributed by atoms with E-state index in [1.165, 1.54) is 20.3 Å². The predicted octanol–water partition coefficient (Wildman–Crippen LogP) is 4.07. The van der Waals surface area contributed by atoms with Gasteiger partial charge in [0.25, 0.3) is 5.91 Å². The molecule has 0 saturated heterocycles. The maximum Gasteiger partial charge on any atom is 0.405 e. The lowest BCUT2D eigenvalue weighted by molar-refractivity contribution is -0.120. The Balaban J connectivity index is 2.23. The molecule has 11 nitrogen and oxygen atoms in total. The second-order valence-electron chi connectivity index (χ2n) is 12.1. The lowest BCUT2D eigenvalue weighted by Crippen LogP contribution is -2.39. The van der Waals surface area contributed by atoms with Crippen molar-refractivity contribution in [3.63, 3.8) is 0 Å². The number of rotatable bonds is 7. The lowest BCUT2D eigenvalue weighted by atomic mass is 9.81. The number of primary amides is 1. The van der Waals surface area contributed by atoms with Crippen LogP contribution >= 0.6 is 0 Å². The predicted molar refractivity (Wildman–Crippen MR) is 183 cm³/mol. The standard InChI is InChI=1S/C37H47N3O8/c1-8-17-39-30-26-18-21(2)19-28(47-7)32(41)23(4)20-24(5)35(48-37(38)45)27(46-6)16-12-13-22(3)36(44)40-31(33(26)42)29(34(30)43)25-14-10-9-11-15-25/h8-16,20-21,23,27-28,32,35,39,41H,1,17-19H2,2-7H3,(H2,38,45)(H,40,44)/b16-12-,22-13+,24-20+/t21-,23+,27+,28+,32-,35+/m1/s1. The van der Waals surface area contributed by atoms with Gasteiger partial charge in [0.05, 0.1) is 23.5 Å². The van der Waals surface area contributed by atoms with E-state index in [1.54, 1.807) is 75.4 Å². The molecule has 11 heteroatoms. The molecular weight excluding hydrogens is 614 g/mol. The molecule has 1 aromatic carbocycles. The molecule has 258 valence electrons. The fourth-order valence-corrected chi connectivity index (χ4v) is 5.90. The van der Waals surface area contributed by atoms with Crippen molar-refractivity contribution < 1.29 is 38.5 Å². The van der Waals surface area contributed by atoms with Crippen molar-refractivity contribution >= 4 is 29.1 Å². The van der Waals surface area contributed by atoms with Crippen LogP contribution in [0.3, 0.4) is 0 Å². The Morgan fingerprint density at radius 3 is 2.40 bits per heavy atom. The van der Waals surface area contributed by atoms with Crippen LogP contribution < -0.4 is 16.4 Å². The van der Waals surface area contributed by atoms with Gasteiger partial charge in [0.2, 0.25) is 11.6 Å². The molecule has 2 amide bonds. The highest BCUT2D eigenvalue weighted by atomic mass is 16.6. The Labute approximate surface area is 282 Å². The van der Waals surface area contributed by atoms with Gasteiger partial charge in [0.1, 0.15) is 11.8 Å². The molecule has 0 aromatic heterocycles. The molecule has 5 N–H and O–H groups in total. The molecular formula is C37H47N3O8. The third kappa shape index (κ3) is 9.27. The van der Waals surface area contributed by atoms with Crippen molar-refractivity contribution in [1.29, 1.82) is 0 Å². The molecule has 1 aliphatic heterocycles. The molecule has 1 aromatic rings. The molecule has 2 aliphatic rings. The fourth-order valence-electron chi connectivity index (χ4n) is 5.90. The molecule has 1 heterocycles. The van der Waals surface area contributed by atoms with Crippen molar-refractivity contribution in [1.82, 2.24) is 10.6 Å². The number of carbonyl (C=O) groups excluding carboxylic acids is 4. The number of hydrogen-bond acceptors (Lipinski definition) is 9. The van der Waals surface area contributed by atoms with Crippen LogP contribution in [0.15, 0.2) is 95.4 Å². The number of carbonyl (C=O) groups is 4. The summed E-state index contributed by atoms with van der Waals surface area (Å²) in [6.45, 7) is 11.0. The number of amides is 2. The zero-order chi connectivity index (χ0) is 35.5. The zero-order valence-electron chi connectivity index (χ0n) is 28.4. The number of ketones is 2. The first kappa shape index (κ1) is 37.9. The monoisotopic (exact) mass is 661 g/mol. The number of aliphatic hydroxyl groups is 1. The molecule has 3 rings (SSSR count). The highest BCUT2D eigenvalue weighted by Gasteiger charge is 2.37. The van der Waals surface area contributed by atoms with E-state index in [0.29, 0.717) is 17.6 Å². The molecule has 2 bridgehead atoms. The average molecular weight is 662 g/mol. The molecule has 0 saturated carbocycles. The van der Waals surface area contributed by atoms with Gasteiger partial charge in [-0.15, -0.1) is 6.58 Å². The van der Waals surface area contributed by atoms with Gasteiger partial charge in [0, 0.05) is 37.8 Å². The van der Waals surface area contributed by atoms with Gasteiger partial charge >= 0.3 is 6.09 Å². The van der Waals surface area contributed by atoms with E-state index in [2.05, 4.69) is 17.2 Å². The number of aliphatic hydroxyl groups excluding tert-OH is 1. The highest BCUT2D eigenvalue weighted by molar-refractivity contribution is 6.39. The summed E-state index contributed by atoms with van der Waals surface area (Å²) in [6, 6.07) is 8.69. The SMILES string of the molecule is C=CCNC1=C2C[C@@H](C)C[C@H](OC)[C@H](O)[C@@H](C)/C=C(\C)[C@H](OC(N)=O)[C@@H](OC)/C=C\C=C(/C)C(=O)NC(=C(c3ccccc3)C1=O)C2=O. The topological polar surface area (TPSA) is 166 Å². The molecule has 0 radical (unpaired) electrons. The first-order valence-electron chi connectivity index (χ1n) is 15.9. The largest absolute Gasteiger partial charge is 0.439 e. The van der Waals surface area contributed by atoms with Crippen LogP contribution in [0.1, 0.15) is 46.1 Å². The summed E-state index contributed by atoms with van der Waals surface area (Å²) in [7, 11) is 2.93. The van der Waals surface area contributed by atoms with Crippen molar-refractivity contribution in [3.8, 4) is 0 Å². The zero-order valence-corrected chi connectivity index (χ0v) is 28.4. The van der Waals surface area contributed by atoms with Crippen molar-refractivity contribution in [2.24, 2.45) is 17.6 Å². The van der Waals surface area contributed by atoms with E-state index in [9.17, 15) is 24.3 Å². The number of fused-ring (bicyclic) bond motifs is 2. The number of nitrogens with two attached hydrogens (primary N) is 1. The molecule has 1 aliphatic carbocycles. The van der Waals surface area contributed by atoms with E-state index < -0.39 is 53.9 Å². The third-order valence-electron chi connectivity index (χ3n) is 8.43. The quantitative estimate of drug-likeness (QED) is 0.249. The Morgan fingerprint density at radius 2 is 1.79 bits per heavy atom. The van der Waals surface area contributed by atoms with Gasteiger partial charge in [-0.25, -0.2) is 4.79 Å². The Bertz CT molecular complexity index is 1540. The summed E-state index contributed by atoms with van der Waals surface area (Å²) in [6.07, 6.45) is 4.13. The number of ether oxygens (including phenoxy) is 3. The van der Waals surface area contributed by atoms with E-state index in [-0.39, 0.29) is 47.0 Å². The molecule has 48 heavy (non-hydrogen) atoms. The smallest absolute Gasteiger partial charge is 0.405 e.